The van der Waals surface area contributed by atoms with Crippen LogP contribution in [0, 0.1) is 0 Å². The lowest BCUT2D eigenvalue weighted by molar-refractivity contribution is 0.261. The highest BCUT2D eigenvalue weighted by atomic mass is 15.1. The highest BCUT2D eigenvalue weighted by molar-refractivity contribution is 5.91. The van der Waals surface area contributed by atoms with Gasteiger partial charge in [-0.15, -0.1) is 0 Å². The summed E-state index contributed by atoms with van der Waals surface area (Å²) >= 11 is 0. The van der Waals surface area contributed by atoms with Gasteiger partial charge >= 0.3 is 0 Å². The molecule has 3 nitrogen and oxygen atoms in total. The van der Waals surface area contributed by atoms with Crippen molar-refractivity contribution in [3.8, 4) is 0 Å². The highest BCUT2D eigenvalue weighted by Gasteiger charge is 2.17. The van der Waals surface area contributed by atoms with Crippen molar-refractivity contribution in [1.82, 2.24) is 9.88 Å². The zero-order valence-corrected chi connectivity index (χ0v) is 10.8. The fourth-order valence-corrected chi connectivity index (χ4v) is 2.71. The molecule has 2 heterocycles. The number of hydrogen-bond acceptors (Lipinski definition) is 3. The van der Waals surface area contributed by atoms with Crippen LogP contribution in [0.5, 0.6) is 0 Å². The van der Waals surface area contributed by atoms with E-state index in [1.165, 1.54) is 30.2 Å². The number of likely N-dealkylation sites (N-methyl/N-ethyl adjacent to an activating group) is 1. The molecule has 1 atom stereocenters. The first kappa shape index (κ1) is 11.5. The van der Waals surface area contributed by atoms with Gasteiger partial charge in [0.2, 0.25) is 0 Å². The summed E-state index contributed by atoms with van der Waals surface area (Å²) in [6.07, 6.45) is 4.38. The lowest BCUT2D eigenvalue weighted by Crippen LogP contribution is -2.39. The molecule has 0 saturated carbocycles. The lowest BCUT2D eigenvalue weighted by Gasteiger charge is -2.30. The van der Waals surface area contributed by atoms with E-state index in [-0.39, 0.29) is 0 Å². The highest BCUT2D eigenvalue weighted by Crippen LogP contribution is 2.22. The maximum Gasteiger partial charge on any atom is 0.134 e. The van der Waals surface area contributed by atoms with Crippen LogP contribution in [0.25, 0.3) is 10.8 Å². The molecule has 1 aromatic heterocycles. The van der Waals surface area contributed by atoms with Crippen molar-refractivity contribution in [1.29, 1.82) is 0 Å². The number of rotatable bonds is 2. The van der Waals surface area contributed by atoms with Crippen molar-refractivity contribution < 1.29 is 0 Å². The Balaban J connectivity index is 1.86. The molecule has 2 aromatic rings. The third-order valence-corrected chi connectivity index (χ3v) is 3.64. The molecule has 0 bridgehead atoms. The van der Waals surface area contributed by atoms with Crippen molar-refractivity contribution in [2.75, 3.05) is 25.5 Å². The van der Waals surface area contributed by atoms with E-state index in [4.69, 9.17) is 0 Å². The monoisotopic (exact) mass is 241 g/mol. The molecule has 1 aliphatic rings. The Morgan fingerprint density at radius 3 is 3.06 bits per heavy atom. The molecule has 1 aliphatic heterocycles. The largest absolute Gasteiger partial charge is 0.366 e. The molecule has 0 spiro atoms. The summed E-state index contributed by atoms with van der Waals surface area (Å²) in [5.41, 5.74) is 0. The summed E-state index contributed by atoms with van der Waals surface area (Å²) in [5, 5.41) is 6.07. The number of piperidine rings is 1. The Morgan fingerprint density at radius 1 is 1.28 bits per heavy atom. The summed E-state index contributed by atoms with van der Waals surface area (Å²) in [4.78, 5) is 6.88. The number of hydrogen-bond donors (Lipinski definition) is 1. The normalized spacial score (nSPS) is 21.1. The molecule has 1 aromatic carbocycles. The van der Waals surface area contributed by atoms with E-state index in [0.29, 0.717) is 6.04 Å². The second-order valence-corrected chi connectivity index (χ2v) is 5.13. The first-order valence-corrected chi connectivity index (χ1v) is 6.62. The van der Waals surface area contributed by atoms with E-state index in [1.54, 1.807) is 0 Å². The van der Waals surface area contributed by atoms with Gasteiger partial charge in [0.25, 0.3) is 0 Å². The zero-order chi connectivity index (χ0) is 12.4. The van der Waals surface area contributed by atoms with Gasteiger partial charge in [0.05, 0.1) is 0 Å². The third-order valence-electron chi connectivity index (χ3n) is 3.64. The molecule has 0 radical (unpaired) electrons. The van der Waals surface area contributed by atoms with Gasteiger partial charge in [-0.3, -0.25) is 0 Å². The minimum absolute atomic E-state index is 0.516. The van der Waals surface area contributed by atoms with E-state index in [1.807, 2.05) is 6.20 Å². The second-order valence-electron chi connectivity index (χ2n) is 5.13. The van der Waals surface area contributed by atoms with Crippen LogP contribution in [-0.2, 0) is 0 Å². The summed E-state index contributed by atoms with van der Waals surface area (Å²) in [6, 6.07) is 11.0. The molecule has 1 unspecified atom stereocenters. The minimum Gasteiger partial charge on any atom is -0.366 e. The van der Waals surface area contributed by atoms with Crippen LogP contribution in [0.4, 0.5) is 5.82 Å². The molecule has 0 aliphatic carbocycles. The minimum atomic E-state index is 0.516. The van der Waals surface area contributed by atoms with Crippen molar-refractivity contribution in [3.63, 3.8) is 0 Å². The summed E-state index contributed by atoms with van der Waals surface area (Å²) < 4.78 is 0. The topological polar surface area (TPSA) is 28.2 Å². The molecule has 3 rings (SSSR count). The molecule has 3 heteroatoms. The van der Waals surface area contributed by atoms with Gasteiger partial charge in [0, 0.05) is 24.2 Å². The molecule has 0 amide bonds. The van der Waals surface area contributed by atoms with E-state index >= 15 is 0 Å². The average Bonchev–Trinajstić information content (AvgIpc) is 2.39. The van der Waals surface area contributed by atoms with E-state index < -0.39 is 0 Å². The van der Waals surface area contributed by atoms with E-state index in [2.05, 4.69) is 52.6 Å². The maximum absolute atomic E-state index is 4.50. The van der Waals surface area contributed by atoms with Crippen molar-refractivity contribution in [3.05, 3.63) is 36.5 Å². The molecule has 1 saturated heterocycles. The number of likely N-dealkylation sites (tertiary alicyclic amines) is 1. The van der Waals surface area contributed by atoms with Crippen LogP contribution in [-0.4, -0.2) is 36.1 Å². The molecule has 1 N–H and O–H groups in total. The van der Waals surface area contributed by atoms with Crippen LogP contribution in [0.1, 0.15) is 12.8 Å². The Kier molecular flexibility index (Phi) is 3.15. The fourth-order valence-electron chi connectivity index (χ4n) is 2.71. The predicted octanol–water partition coefficient (Wildman–Crippen LogP) is 2.74. The smallest absolute Gasteiger partial charge is 0.134 e. The van der Waals surface area contributed by atoms with Gasteiger partial charge in [-0.25, -0.2) is 4.98 Å². The van der Waals surface area contributed by atoms with Gasteiger partial charge in [0.15, 0.2) is 0 Å². The van der Waals surface area contributed by atoms with Crippen LogP contribution in [0.2, 0.25) is 0 Å². The number of benzene rings is 1. The van der Waals surface area contributed by atoms with Crippen molar-refractivity contribution >= 4 is 16.6 Å². The maximum atomic E-state index is 4.50. The van der Waals surface area contributed by atoms with Crippen molar-refractivity contribution in [2.24, 2.45) is 0 Å². The summed E-state index contributed by atoms with van der Waals surface area (Å²) in [6.45, 7) is 2.31. The number of pyridine rings is 1. The van der Waals surface area contributed by atoms with Crippen LogP contribution in [0.15, 0.2) is 36.5 Å². The van der Waals surface area contributed by atoms with Crippen molar-refractivity contribution in [2.45, 2.75) is 18.9 Å². The standard InChI is InChI=1S/C15H19N3/c1-18-10-4-6-13(11-18)17-15-14-7-3-2-5-12(14)8-9-16-15/h2-3,5,7-9,13H,4,6,10-11H2,1H3,(H,16,17). The zero-order valence-electron chi connectivity index (χ0n) is 10.8. The third kappa shape index (κ3) is 2.31. The fraction of sp³-hybridized carbons (Fsp3) is 0.400. The Labute approximate surface area is 108 Å². The summed E-state index contributed by atoms with van der Waals surface area (Å²) in [5.74, 6) is 1.02. The lowest BCUT2D eigenvalue weighted by atomic mass is 10.1. The van der Waals surface area contributed by atoms with Gasteiger partial charge in [-0.1, -0.05) is 24.3 Å². The van der Waals surface area contributed by atoms with Gasteiger partial charge < -0.3 is 10.2 Å². The quantitative estimate of drug-likeness (QED) is 0.876. The molecule has 94 valence electrons. The Morgan fingerprint density at radius 2 is 2.17 bits per heavy atom. The van der Waals surface area contributed by atoms with E-state index in [9.17, 15) is 0 Å². The first-order chi connectivity index (χ1) is 8.83. The Hall–Kier alpha value is -1.61. The Bertz CT molecular complexity index is 533. The molecular formula is C15H19N3. The van der Waals surface area contributed by atoms with Crippen LogP contribution in [0.3, 0.4) is 0 Å². The van der Waals surface area contributed by atoms with Gasteiger partial charge in [0.1, 0.15) is 5.82 Å². The number of aromatic nitrogens is 1. The first-order valence-electron chi connectivity index (χ1n) is 6.62. The number of anilines is 1. The number of nitrogens with zero attached hydrogens (tertiary/aromatic N) is 2. The van der Waals surface area contributed by atoms with Gasteiger partial charge in [-0.2, -0.15) is 0 Å². The molecule has 1 fully saturated rings. The second kappa shape index (κ2) is 4.94. The van der Waals surface area contributed by atoms with Crippen LogP contribution < -0.4 is 5.32 Å². The predicted molar refractivity (Wildman–Crippen MR) is 75.9 cm³/mol. The molecular weight excluding hydrogens is 222 g/mol. The average molecular weight is 241 g/mol. The van der Waals surface area contributed by atoms with Crippen LogP contribution >= 0.6 is 0 Å². The molecule has 18 heavy (non-hydrogen) atoms. The van der Waals surface area contributed by atoms with Gasteiger partial charge in [-0.05, 0) is 37.9 Å². The van der Waals surface area contributed by atoms with E-state index in [0.717, 1.165) is 12.4 Å². The number of nitrogens with one attached hydrogen (secondary N) is 1. The number of fused-ring (bicyclic) bond motifs is 1. The summed E-state index contributed by atoms with van der Waals surface area (Å²) in [7, 11) is 2.18. The SMILES string of the molecule is CN1CCCC(Nc2nccc3ccccc23)C1.